The third-order valence-corrected chi connectivity index (χ3v) is 3.84. The second kappa shape index (κ2) is 6.00. The van der Waals surface area contributed by atoms with Crippen LogP contribution in [0, 0.1) is 6.92 Å². The maximum Gasteiger partial charge on any atom is 0.240 e. The molecule has 3 N–H and O–H groups in total. The monoisotopic (exact) mass is 258 g/mol. The van der Waals surface area contributed by atoms with E-state index in [1.807, 2.05) is 6.92 Å². The Morgan fingerprint density at radius 1 is 1.41 bits per heavy atom. The van der Waals surface area contributed by atoms with Crippen LogP contribution in [0.25, 0.3) is 0 Å². The third-order valence-electron chi connectivity index (χ3n) is 2.38. The molecule has 0 spiro atoms. The van der Waals surface area contributed by atoms with Gasteiger partial charge in [0.25, 0.3) is 0 Å². The van der Waals surface area contributed by atoms with Gasteiger partial charge in [0.15, 0.2) is 0 Å². The summed E-state index contributed by atoms with van der Waals surface area (Å²) in [5, 5.41) is 0. The van der Waals surface area contributed by atoms with Gasteiger partial charge < -0.3 is 10.5 Å². The smallest absolute Gasteiger partial charge is 0.240 e. The van der Waals surface area contributed by atoms with Crippen LogP contribution in [-0.2, 0) is 14.8 Å². The molecule has 1 aromatic carbocycles. The molecule has 0 aliphatic rings. The molecule has 1 aromatic rings. The number of nitrogens with two attached hydrogens (primary N) is 1. The number of hydrogen-bond donors (Lipinski definition) is 2. The van der Waals surface area contributed by atoms with Crippen LogP contribution >= 0.6 is 0 Å². The highest BCUT2D eigenvalue weighted by molar-refractivity contribution is 7.89. The molecule has 0 unspecified atom stereocenters. The van der Waals surface area contributed by atoms with Gasteiger partial charge in [0.05, 0.1) is 4.90 Å². The maximum absolute atomic E-state index is 11.9. The van der Waals surface area contributed by atoms with Crippen molar-refractivity contribution in [2.75, 3.05) is 26.0 Å². The van der Waals surface area contributed by atoms with Crippen LogP contribution in [-0.4, -0.2) is 28.7 Å². The lowest BCUT2D eigenvalue weighted by molar-refractivity contribution is 0.196. The SMILES string of the molecule is COCCCNS(=O)(=O)c1ccc(C)c(N)c1. The second-order valence-corrected chi connectivity index (χ2v) is 5.53. The Balaban J connectivity index is 2.72. The average Bonchev–Trinajstić information content (AvgIpc) is 2.28. The maximum atomic E-state index is 11.9. The lowest BCUT2D eigenvalue weighted by atomic mass is 10.2. The molecule has 0 saturated heterocycles. The molecule has 1 rings (SSSR count). The summed E-state index contributed by atoms with van der Waals surface area (Å²) in [6.45, 7) is 2.71. The minimum absolute atomic E-state index is 0.193. The fraction of sp³-hybridized carbons (Fsp3) is 0.455. The van der Waals surface area contributed by atoms with Crippen molar-refractivity contribution >= 4 is 15.7 Å². The van der Waals surface area contributed by atoms with Crippen LogP contribution in [0.1, 0.15) is 12.0 Å². The molecular weight excluding hydrogens is 240 g/mol. The molecule has 0 aliphatic heterocycles. The molecule has 17 heavy (non-hydrogen) atoms. The molecular formula is C11H18N2O3S. The molecule has 6 heteroatoms. The van der Waals surface area contributed by atoms with E-state index in [0.717, 1.165) is 5.56 Å². The van der Waals surface area contributed by atoms with Gasteiger partial charge in [-0.25, -0.2) is 13.1 Å². The van der Waals surface area contributed by atoms with Gasteiger partial charge in [-0.1, -0.05) is 6.07 Å². The van der Waals surface area contributed by atoms with E-state index in [1.165, 1.54) is 6.07 Å². The summed E-state index contributed by atoms with van der Waals surface area (Å²) in [7, 11) is -1.89. The van der Waals surface area contributed by atoms with Gasteiger partial charge >= 0.3 is 0 Å². The molecule has 0 saturated carbocycles. The van der Waals surface area contributed by atoms with E-state index in [2.05, 4.69) is 4.72 Å². The molecule has 0 atom stereocenters. The molecule has 0 amide bonds. The Morgan fingerprint density at radius 3 is 2.71 bits per heavy atom. The zero-order chi connectivity index (χ0) is 12.9. The van der Waals surface area contributed by atoms with Crippen LogP contribution in [0.4, 0.5) is 5.69 Å². The first-order valence-corrected chi connectivity index (χ1v) is 6.80. The van der Waals surface area contributed by atoms with E-state index < -0.39 is 10.0 Å². The fourth-order valence-corrected chi connectivity index (χ4v) is 2.40. The molecule has 0 fully saturated rings. The van der Waals surface area contributed by atoms with Crippen molar-refractivity contribution < 1.29 is 13.2 Å². The first kappa shape index (κ1) is 14.0. The van der Waals surface area contributed by atoms with E-state index in [9.17, 15) is 8.42 Å². The van der Waals surface area contributed by atoms with Crippen LogP contribution in [0.2, 0.25) is 0 Å². The van der Waals surface area contributed by atoms with Crippen LogP contribution in [0.5, 0.6) is 0 Å². The van der Waals surface area contributed by atoms with Gasteiger partial charge in [0.2, 0.25) is 10.0 Å². The Bertz CT molecular complexity index is 472. The van der Waals surface area contributed by atoms with E-state index in [-0.39, 0.29) is 4.90 Å². The predicted octanol–water partition coefficient (Wildman–Crippen LogP) is 0.892. The Kier molecular flexibility index (Phi) is 4.92. The van der Waals surface area contributed by atoms with Crippen molar-refractivity contribution in [3.8, 4) is 0 Å². The number of benzene rings is 1. The topological polar surface area (TPSA) is 81.4 Å². The molecule has 0 aromatic heterocycles. The first-order chi connectivity index (χ1) is 7.97. The molecule has 5 nitrogen and oxygen atoms in total. The quantitative estimate of drug-likeness (QED) is 0.586. The van der Waals surface area contributed by atoms with Crippen molar-refractivity contribution in [3.63, 3.8) is 0 Å². The van der Waals surface area contributed by atoms with Crippen LogP contribution < -0.4 is 10.5 Å². The van der Waals surface area contributed by atoms with Crippen molar-refractivity contribution in [1.29, 1.82) is 0 Å². The summed E-state index contributed by atoms with van der Waals surface area (Å²) in [6, 6.07) is 4.71. The predicted molar refractivity (Wildman–Crippen MR) is 67.3 cm³/mol. The summed E-state index contributed by atoms with van der Waals surface area (Å²) in [5.41, 5.74) is 7.02. The van der Waals surface area contributed by atoms with Gasteiger partial charge in [-0.15, -0.1) is 0 Å². The minimum Gasteiger partial charge on any atom is -0.398 e. The van der Waals surface area contributed by atoms with E-state index in [0.29, 0.717) is 25.3 Å². The van der Waals surface area contributed by atoms with E-state index in [4.69, 9.17) is 10.5 Å². The normalized spacial score (nSPS) is 11.6. The summed E-state index contributed by atoms with van der Waals surface area (Å²) in [6.07, 6.45) is 0.636. The highest BCUT2D eigenvalue weighted by Gasteiger charge is 2.13. The number of methoxy groups -OCH3 is 1. The van der Waals surface area contributed by atoms with Gasteiger partial charge in [-0.3, -0.25) is 0 Å². The number of hydrogen-bond acceptors (Lipinski definition) is 4. The number of nitrogens with one attached hydrogen (secondary N) is 1. The summed E-state index contributed by atoms with van der Waals surface area (Å²) in [4.78, 5) is 0.193. The van der Waals surface area contributed by atoms with Crippen molar-refractivity contribution in [2.45, 2.75) is 18.2 Å². The van der Waals surface area contributed by atoms with Crippen molar-refractivity contribution in [1.82, 2.24) is 4.72 Å². The highest BCUT2D eigenvalue weighted by Crippen LogP contribution is 2.16. The van der Waals surface area contributed by atoms with Crippen molar-refractivity contribution in [3.05, 3.63) is 23.8 Å². The highest BCUT2D eigenvalue weighted by atomic mass is 32.2. The number of aryl methyl sites for hydroxylation is 1. The first-order valence-electron chi connectivity index (χ1n) is 5.32. The number of rotatable bonds is 6. The van der Waals surface area contributed by atoms with Gasteiger partial charge in [-0.2, -0.15) is 0 Å². The molecule has 0 aliphatic carbocycles. The van der Waals surface area contributed by atoms with Crippen LogP contribution in [0.3, 0.4) is 0 Å². The second-order valence-electron chi connectivity index (χ2n) is 3.76. The fourth-order valence-electron chi connectivity index (χ4n) is 1.29. The Morgan fingerprint density at radius 2 is 2.12 bits per heavy atom. The van der Waals surface area contributed by atoms with Crippen molar-refractivity contribution in [2.24, 2.45) is 0 Å². The number of anilines is 1. The van der Waals surface area contributed by atoms with Gasteiger partial charge in [-0.05, 0) is 31.0 Å². The zero-order valence-corrected chi connectivity index (χ0v) is 10.9. The van der Waals surface area contributed by atoms with E-state index >= 15 is 0 Å². The van der Waals surface area contributed by atoms with Crippen LogP contribution in [0.15, 0.2) is 23.1 Å². The number of sulfonamides is 1. The number of ether oxygens (including phenoxy) is 1. The lowest BCUT2D eigenvalue weighted by Crippen LogP contribution is -2.25. The minimum atomic E-state index is -3.47. The number of nitrogen functional groups attached to an aromatic ring is 1. The van der Waals surface area contributed by atoms with Gasteiger partial charge in [0, 0.05) is 25.9 Å². The lowest BCUT2D eigenvalue weighted by Gasteiger charge is -2.08. The largest absolute Gasteiger partial charge is 0.398 e. The molecule has 0 heterocycles. The third kappa shape index (κ3) is 3.99. The standard InChI is InChI=1S/C11H18N2O3S/c1-9-4-5-10(8-11(9)12)17(14,15)13-6-3-7-16-2/h4-5,8,13H,3,6-7,12H2,1-2H3. The molecule has 96 valence electrons. The molecule has 0 radical (unpaired) electrons. The Labute approximate surface area is 102 Å². The van der Waals surface area contributed by atoms with Gasteiger partial charge in [0.1, 0.15) is 0 Å². The molecule has 0 bridgehead atoms. The Hall–Kier alpha value is -1.11. The summed E-state index contributed by atoms with van der Waals surface area (Å²) < 4.78 is 31.0. The zero-order valence-electron chi connectivity index (χ0n) is 10.1. The van der Waals surface area contributed by atoms with E-state index in [1.54, 1.807) is 19.2 Å². The summed E-state index contributed by atoms with van der Waals surface area (Å²) >= 11 is 0. The average molecular weight is 258 g/mol. The summed E-state index contributed by atoms with van der Waals surface area (Å²) in [5.74, 6) is 0.